The Balaban J connectivity index is 1.21. The van der Waals surface area contributed by atoms with Crippen molar-refractivity contribution in [2.24, 2.45) is 0 Å². The number of hydrogen-bond acceptors (Lipinski definition) is 7. The van der Waals surface area contributed by atoms with Crippen LogP contribution in [0.15, 0.2) is 97.1 Å². The van der Waals surface area contributed by atoms with Crippen LogP contribution in [0.5, 0.6) is 11.5 Å². The van der Waals surface area contributed by atoms with Crippen LogP contribution in [0, 0.1) is 0 Å². The highest BCUT2D eigenvalue weighted by atomic mass is 16.5. The molecule has 43 heavy (non-hydrogen) atoms. The van der Waals surface area contributed by atoms with Crippen LogP contribution in [-0.4, -0.2) is 60.7 Å². The molecule has 1 saturated heterocycles. The van der Waals surface area contributed by atoms with Crippen molar-refractivity contribution >= 4 is 17.1 Å². The average molecular weight is 582 g/mol. The summed E-state index contributed by atoms with van der Waals surface area (Å²) in [6, 6.07) is 33.9. The smallest absolute Gasteiger partial charge is 0.121 e. The molecule has 1 fully saturated rings. The van der Waals surface area contributed by atoms with Gasteiger partial charge in [-0.3, -0.25) is 0 Å². The van der Waals surface area contributed by atoms with Gasteiger partial charge in [-0.05, 0) is 65.2 Å². The fourth-order valence-electron chi connectivity index (χ4n) is 5.19. The van der Waals surface area contributed by atoms with Crippen LogP contribution < -0.4 is 24.2 Å². The van der Waals surface area contributed by atoms with Crippen molar-refractivity contribution in [3.05, 3.63) is 114 Å². The van der Waals surface area contributed by atoms with Gasteiger partial charge in [0, 0.05) is 63.4 Å². The number of rotatable bonds is 14. The van der Waals surface area contributed by atoms with Crippen LogP contribution in [-0.2, 0) is 29.2 Å². The van der Waals surface area contributed by atoms with E-state index in [-0.39, 0.29) is 0 Å². The van der Waals surface area contributed by atoms with Crippen LogP contribution in [0.2, 0.25) is 0 Å². The van der Waals surface area contributed by atoms with Gasteiger partial charge in [-0.15, -0.1) is 0 Å². The second-order valence-electron chi connectivity index (χ2n) is 10.9. The first-order valence-corrected chi connectivity index (χ1v) is 14.9. The van der Waals surface area contributed by atoms with E-state index in [4.69, 9.17) is 18.9 Å². The number of ether oxygens (including phenoxy) is 4. The molecular formula is C36H43N3O4. The van der Waals surface area contributed by atoms with E-state index in [1.807, 2.05) is 38.4 Å². The number of methoxy groups -OCH3 is 1. The van der Waals surface area contributed by atoms with Gasteiger partial charge < -0.3 is 33.6 Å². The first-order chi connectivity index (χ1) is 21.1. The highest BCUT2D eigenvalue weighted by Gasteiger charge is 2.14. The molecule has 0 amide bonds. The third kappa shape index (κ3) is 8.89. The van der Waals surface area contributed by atoms with E-state index in [0.29, 0.717) is 19.8 Å². The monoisotopic (exact) mass is 581 g/mol. The van der Waals surface area contributed by atoms with Crippen LogP contribution in [0.1, 0.15) is 16.7 Å². The van der Waals surface area contributed by atoms with Gasteiger partial charge >= 0.3 is 0 Å². The van der Waals surface area contributed by atoms with E-state index < -0.39 is 0 Å². The zero-order chi connectivity index (χ0) is 29.9. The standard InChI is InChI=1S/C36H43N3O4/c1-37(2)33-9-6-12-36(25-33)43-22-21-42-28-29-13-15-32(16-14-29)39(27-31-8-5-11-35(24-31)40-3)26-30-7-4-10-34(23-30)38-17-19-41-20-18-38/h4-16,23-25H,17-22,26-28H2,1-3H3. The van der Waals surface area contributed by atoms with E-state index in [0.717, 1.165) is 67.8 Å². The molecule has 0 atom stereocenters. The largest absolute Gasteiger partial charge is 0.497 e. The van der Waals surface area contributed by atoms with Crippen molar-refractivity contribution < 1.29 is 18.9 Å². The number of benzene rings is 4. The zero-order valence-electron chi connectivity index (χ0n) is 25.6. The van der Waals surface area contributed by atoms with Crippen molar-refractivity contribution in [3.8, 4) is 11.5 Å². The summed E-state index contributed by atoms with van der Waals surface area (Å²) < 4.78 is 22.9. The molecule has 7 heteroatoms. The topological polar surface area (TPSA) is 46.6 Å². The van der Waals surface area contributed by atoms with Crippen LogP contribution >= 0.6 is 0 Å². The molecule has 4 aromatic carbocycles. The molecular weight excluding hydrogens is 538 g/mol. The lowest BCUT2D eigenvalue weighted by Crippen LogP contribution is -2.36. The van der Waals surface area contributed by atoms with Crippen molar-refractivity contribution in [1.29, 1.82) is 0 Å². The molecule has 0 spiro atoms. The van der Waals surface area contributed by atoms with Crippen molar-refractivity contribution in [1.82, 2.24) is 0 Å². The van der Waals surface area contributed by atoms with Crippen LogP contribution in [0.3, 0.4) is 0 Å². The molecule has 226 valence electrons. The maximum absolute atomic E-state index is 5.93. The summed E-state index contributed by atoms with van der Waals surface area (Å²) in [6.45, 7) is 6.53. The number of anilines is 3. The average Bonchev–Trinajstić information content (AvgIpc) is 3.05. The van der Waals surface area contributed by atoms with E-state index in [2.05, 4.69) is 87.5 Å². The Morgan fingerprint density at radius 1 is 0.698 bits per heavy atom. The maximum atomic E-state index is 5.93. The molecule has 0 aliphatic carbocycles. The van der Waals surface area contributed by atoms with Gasteiger partial charge in [0.2, 0.25) is 0 Å². The van der Waals surface area contributed by atoms with Gasteiger partial charge in [0.1, 0.15) is 18.1 Å². The first kappa shape index (κ1) is 30.3. The normalized spacial score (nSPS) is 13.0. The quantitative estimate of drug-likeness (QED) is 0.160. The van der Waals surface area contributed by atoms with E-state index in [1.54, 1.807) is 7.11 Å². The molecule has 0 saturated carbocycles. The fraction of sp³-hybridized carbons (Fsp3) is 0.333. The lowest BCUT2D eigenvalue weighted by Gasteiger charge is -2.30. The van der Waals surface area contributed by atoms with Gasteiger partial charge in [-0.1, -0.05) is 42.5 Å². The highest BCUT2D eigenvalue weighted by molar-refractivity contribution is 5.53. The Hall–Kier alpha value is -4.20. The summed E-state index contributed by atoms with van der Waals surface area (Å²) in [5, 5.41) is 0. The predicted molar refractivity (Wildman–Crippen MR) is 175 cm³/mol. The fourth-order valence-corrected chi connectivity index (χ4v) is 5.19. The molecule has 0 unspecified atom stereocenters. The van der Waals surface area contributed by atoms with Crippen molar-refractivity contribution in [3.63, 3.8) is 0 Å². The predicted octanol–water partition coefficient (Wildman–Crippen LogP) is 6.40. The highest BCUT2D eigenvalue weighted by Crippen LogP contribution is 2.25. The maximum Gasteiger partial charge on any atom is 0.121 e. The van der Waals surface area contributed by atoms with Crippen molar-refractivity contribution in [2.45, 2.75) is 19.7 Å². The molecule has 0 radical (unpaired) electrons. The molecule has 1 aliphatic rings. The summed E-state index contributed by atoms with van der Waals surface area (Å²) in [5.41, 5.74) is 7.14. The lowest BCUT2D eigenvalue weighted by atomic mass is 10.1. The number of morpholine rings is 1. The van der Waals surface area contributed by atoms with Gasteiger partial charge in [0.05, 0.1) is 33.5 Å². The summed E-state index contributed by atoms with van der Waals surface area (Å²) in [5.74, 6) is 1.72. The number of nitrogens with zero attached hydrogens (tertiary/aromatic N) is 3. The third-order valence-electron chi connectivity index (χ3n) is 7.57. The van der Waals surface area contributed by atoms with E-state index >= 15 is 0 Å². The first-order valence-electron chi connectivity index (χ1n) is 14.9. The molecule has 1 aliphatic heterocycles. The Morgan fingerprint density at radius 3 is 2.14 bits per heavy atom. The minimum atomic E-state index is 0.507. The van der Waals surface area contributed by atoms with Gasteiger partial charge in [0.15, 0.2) is 0 Å². The summed E-state index contributed by atoms with van der Waals surface area (Å²) in [4.78, 5) is 6.88. The second kappa shape index (κ2) is 15.3. The van der Waals surface area contributed by atoms with E-state index in [1.165, 1.54) is 16.8 Å². The van der Waals surface area contributed by atoms with Gasteiger partial charge in [-0.25, -0.2) is 0 Å². The SMILES string of the molecule is COc1cccc(CN(Cc2cccc(N3CCOCC3)c2)c2ccc(COCCOc3cccc(N(C)C)c3)cc2)c1. The molecule has 0 N–H and O–H groups in total. The molecule has 4 aromatic rings. The van der Waals surface area contributed by atoms with Crippen LogP contribution in [0.4, 0.5) is 17.1 Å². The molecule has 1 heterocycles. The third-order valence-corrected chi connectivity index (χ3v) is 7.57. The molecule has 0 bridgehead atoms. The Morgan fingerprint density at radius 2 is 1.40 bits per heavy atom. The lowest BCUT2D eigenvalue weighted by molar-refractivity contribution is 0.0889. The Kier molecular flexibility index (Phi) is 10.8. The minimum Gasteiger partial charge on any atom is -0.497 e. The van der Waals surface area contributed by atoms with Crippen molar-refractivity contribution in [2.75, 3.05) is 75.4 Å². The Labute approximate surface area is 256 Å². The zero-order valence-corrected chi connectivity index (χ0v) is 25.6. The second-order valence-corrected chi connectivity index (χ2v) is 10.9. The molecule has 5 rings (SSSR count). The van der Waals surface area contributed by atoms with Gasteiger partial charge in [0.25, 0.3) is 0 Å². The summed E-state index contributed by atoms with van der Waals surface area (Å²) in [7, 11) is 5.76. The van der Waals surface area contributed by atoms with Gasteiger partial charge in [-0.2, -0.15) is 0 Å². The number of hydrogen-bond donors (Lipinski definition) is 0. The van der Waals surface area contributed by atoms with Crippen LogP contribution in [0.25, 0.3) is 0 Å². The summed E-state index contributed by atoms with van der Waals surface area (Å²) >= 11 is 0. The molecule has 7 nitrogen and oxygen atoms in total. The minimum absolute atomic E-state index is 0.507. The molecule has 0 aromatic heterocycles. The Bertz CT molecular complexity index is 1420. The van der Waals surface area contributed by atoms with E-state index in [9.17, 15) is 0 Å². The summed E-state index contributed by atoms with van der Waals surface area (Å²) in [6.07, 6.45) is 0.